The minimum Gasteiger partial charge on any atom is -0.339 e. The predicted octanol–water partition coefficient (Wildman–Crippen LogP) is 3.13. The Morgan fingerprint density at radius 1 is 0.914 bits per heavy atom. The molecule has 1 N–H and O–H groups in total. The Morgan fingerprint density at radius 3 is 2.29 bits per heavy atom. The van der Waals surface area contributed by atoms with Crippen molar-refractivity contribution in [3.05, 3.63) is 71.0 Å². The molecule has 0 aliphatic carbocycles. The lowest BCUT2D eigenvalue weighted by Gasteiger charge is -2.34. The summed E-state index contributed by atoms with van der Waals surface area (Å²) in [5.74, 6) is 1.21. The topological polar surface area (TPSA) is 83.4 Å². The Hall–Kier alpha value is -3.17. The van der Waals surface area contributed by atoms with E-state index in [1.807, 2.05) is 66.6 Å². The van der Waals surface area contributed by atoms with Gasteiger partial charge in [0.2, 0.25) is 11.8 Å². The average molecular weight is 493 g/mol. The highest BCUT2D eigenvalue weighted by molar-refractivity contribution is 7.99. The zero-order chi connectivity index (χ0) is 24.8. The normalized spacial score (nSPS) is 14.2. The number of piperazine rings is 1. The van der Waals surface area contributed by atoms with E-state index >= 15 is 0 Å². The van der Waals surface area contributed by atoms with Crippen molar-refractivity contribution in [3.63, 3.8) is 0 Å². The van der Waals surface area contributed by atoms with Crippen LogP contribution in [-0.2, 0) is 16.1 Å². The van der Waals surface area contributed by atoms with Gasteiger partial charge in [-0.15, -0.1) is 10.2 Å². The number of amides is 2. The van der Waals surface area contributed by atoms with Crippen LogP contribution in [0.2, 0.25) is 0 Å². The molecule has 0 unspecified atom stereocenters. The van der Waals surface area contributed by atoms with Crippen molar-refractivity contribution in [1.82, 2.24) is 24.6 Å². The molecule has 1 aromatic heterocycles. The van der Waals surface area contributed by atoms with Crippen LogP contribution in [0, 0.1) is 20.8 Å². The quantitative estimate of drug-likeness (QED) is 0.487. The van der Waals surface area contributed by atoms with Crippen molar-refractivity contribution in [2.24, 2.45) is 0 Å². The summed E-state index contributed by atoms with van der Waals surface area (Å²) in [4.78, 5) is 29.4. The Bertz CT molecular complexity index is 1150. The summed E-state index contributed by atoms with van der Waals surface area (Å²) >= 11 is 1.42. The fraction of sp³-hybridized carbons (Fsp3) is 0.385. The largest absolute Gasteiger partial charge is 0.339 e. The smallest absolute Gasteiger partial charge is 0.238 e. The van der Waals surface area contributed by atoms with E-state index in [-0.39, 0.29) is 11.8 Å². The lowest BCUT2D eigenvalue weighted by molar-refractivity contribution is -0.130. The van der Waals surface area contributed by atoms with Gasteiger partial charge in [-0.25, -0.2) is 0 Å². The number of hydrogen-bond donors (Lipinski definition) is 1. The minimum absolute atomic E-state index is 0.0224. The maximum absolute atomic E-state index is 12.8. The lowest BCUT2D eigenvalue weighted by Crippen LogP contribution is -2.51. The van der Waals surface area contributed by atoms with Gasteiger partial charge in [0, 0.05) is 31.9 Å². The SMILES string of the molecule is Cc1cccc(C)c1NC(=O)CN1CCN(C(=O)CSc2nnc(C)n2Cc2ccccc2)CC1. The maximum atomic E-state index is 12.8. The number of aryl methyl sites for hydroxylation is 3. The Balaban J connectivity index is 1.24. The summed E-state index contributed by atoms with van der Waals surface area (Å²) in [6.45, 7) is 9.52. The third kappa shape index (κ3) is 6.49. The third-order valence-corrected chi connectivity index (χ3v) is 7.20. The minimum atomic E-state index is -0.0224. The van der Waals surface area contributed by atoms with Gasteiger partial charge in [0.15, 0.2) is 5.16 Å². The molecular weight excluding hydrogens is 460 g/mol. The van der Waals surface area contributed by atoms with Crippen LogP contribution >= 0.6 is 11.8 Å². The van der Waals surface area contributed by atoms with Gasteiger partial charge in [-0.1, -0.05) is 60.3 Å². The monoisotopic (exact) mass is 492 g/mol. The highest BCUT2D eigenvalue weighted by Crippen LogP contribution is 2.21. The van der Waals surface area contributed by atoms with Gasteiger partial charge >= 0.3 is 0 Å². The highest BCUT2D eigenvalue weighted by Gasteiger charge is 2.23. The molecule has 1 fully saturated rings. The first kappa shape index (κ1) is 24.9. The second-order valence-electron chi connectivity index (χ2n) is 8.86. The second-order valence-corrected chi connectivity index (χ2v) is 9.80. The van der Waals surface area contributed by atoms with Crippen molar-refractivity contribution in [1.29, 1.82) is 0 Å². The number of rotatable bonds is 8. The number of anilines is 1. The predicted molar refractivity (Wildman–Crippen MR) is 139 cm³/mol. The molecule has 1 saturated heterocycles. The summed E-state index contributed by atoms with van der Waals surface area (Å²) in [5, 5.41) is 12.3. The number of aromatic nitrogens is 3. The zero-order valence-corrected chi connectivity index (χ0v) is 21.3. The van der Waals surface area contributed by atoms with Crippen LogP contribution in [0.1, 0.15) is 22.5 Å². The van der Waals surface area contributed by atoms with E-state index in [1.165, 1.54) is 17.3 Å². The van der Waals surface area contributed by atoms with Crippen LogP contribution in [0.25, 0.3) is 0 Å². The second kappa shape index (κ2) is 11.5. The number of carbonyl (C=O) groups is 2. The number of nitrogens with one attached hydrogen (secondary N) is 1. The van der Waals surface area contributed by atoms with Gasteiger partial charge < -0.3 is 14.8 Å². The Morgan fingerprint density at radius 2 is 1.60 bits per heavy atom. The maximum Gasteiger partial charge on any atom is 0.238 e. The van der Waals surface area contributed by atoms with Gasteiger partial charge in [-0.2, -0.15) is 0 Å². The molecule has 0 saturated carbocycles. The van der Waals surface area contributed by atoms with Crippen molar-refractivity contribution in [3.8, 4) is 0 Å². The summed E-state index contributed by atoms with van der Waals surface area (Å²) < 4.78 is 2.04. The molecule has 4 rings (SSSR count). The van der Waals surface area contributed by atoms with Gasteiger partial charge in [0.05, 0.1) is 18.8 Å². The fourth-order valence-corrected chi connectivity index (χ4v) is 5.07. The average Bonchev–Trinajstić information content (AvgIpc) is 3.20. The van der Waals surface area contributed by atoms with Crippen molar-refractivity contribution >= 4 is 29.3 Å². The lowest BCUT2D eigenvalue weighted by atomic mass is 10.1. The van der Waals surface area contributed by atoms with Crippen LogP contribution in [0.5, 0.6) is 0 Å². The molecule has 2 heterocycles. The standard InChI is InChI=1S/C26H32N6O2S/c1-19-8-7-9-20(2)25(19)27-23(33)17-30-12-14-31(15-13-30)24(34)18-35-26-29-28-21(3)32(26)16-22-10-5-4-6-11-22/h4-11H,12-18H2,1-3H3,(H,27,33). The van der Waals surface area contributed by atoms with E-state index < -0.39 is 0 Å². The van der Waals surface area contributed by atoms with Crippen LogP contribution in [0.15, 0.2) is 53.7 Å². The number of carbonyl (C=O) groups excluding carboxylic acids is 2. The van der Waals surface area contributed by atoms with Crippen molar-refractivity contribution in [2.75, 3.05) is 43.8 Å². The number of hydrogen-bond acceptors (Lipinski definition) is 6. The van der Waals surface area contributed by atoms with Crippen LogP contribution < -0.4 is 5.32 Å². The molecule has 1 aliphatic heterocycles. The summed E-state index contributed by atoms with van der Waals surface area (Å²) in [7, 11) is 0. The molecule has 9 heteroatoms. The molecule has 8 nitrogen and oxygen atoms in total. The number of nitrogens with zero attached hydrogens (tertiary/aromatic N) is 5. The van der Waals surface area contributed by atoms with E-state index in [0.29, 0.717) is 45.0 Å². The van der Waals surface area contributed by atoms with Gasteiger partial charge in [-0.05, 0) is 37.5 Å². The first-order valence-electron chi connectivity index (χ1n) is 11.8. The van der Waals surface area contributed by atoms with Crippen LogP contribution in [-0.4, -0.2) is 74.9 Å². The van der Waals surface area contributed by atoms with E-state index in [0.717, 1.165) is 27.8 Å². The van der Waals surface area contributed by atoms with Crippen molar-refractivity contribution < 1.29 is 9.59 Å². The molecule has 2 aromatic carbocycles. The molecule has 3 aromatic rings. The summed E-state index contributed by atoms with van der Waals surface area (Å²) in [5.41, 5.74) is 4.17. The Labute approximate surface area is 210 Å². The van der Waals surface area contributed by atoms with Crippen LogP contribution in [0.3, 0.4) is 0 Å². The number of para-hydroxylation sites is 1. The Kier molecular flexibility index (Phi) is 8.20. The van der Waals surface area contributed by atoms with Gasteiger partial charge in [0.25, 0.3) is 0 Å². The number of benzene rings is 2. The van der Waals surface area contributed by atoms with Gasteiger partial charge in [-0.3, -0.25) is 14.5 Å². The molecule has 0 bridgehead atoms. The molecule has 0 spiro atoms. The molecule has 0 atom stereocenters. The fourth-order valence-electron chi connectivity index (χ4n) is 4.18. The molecule has 1 aliphatic rings. The molecule has 2 amide bonds. The van der Waals surface area contributed by atoms with Crippen LogP contribution in [0.4, 0.5) is 5.69 Å². The van der Waals surface area contributed by atoms with E-state index in [2.05, 4.69) is 32.5 Å². The highest BCUT2D eigenvalue weighted by atomic mass is 32.2. The summed E-state index contributed by atoms with van der Waals surface area (Å²) in [6, 6.07) is 16.1. The first-order valence-corrected chi connectivity index (χ1v) is 12.8. The molecule has 35 heavy (non-hydrogen) atoms. The summed E-state index contributed by atoms with van der Waals surface area (Å²) in [6.07, 6.45) is 0. The first-order chi connectivity index (χ1) is 16.9. The molecule has 0 radical (unpaired) electrons. The molecular formula is C26H32N6O2S. The van der Waals surface area contributed by atoms with E-state index in [1.54, 1.807) is 0 Å². The van der Waals surface area contributed by atoms with E-state index in [4.69, 9.17) is 0 Å². The number of thioether (sulfide) groups is 1. The van der Waals surface area contributed by atoms with E-state index in [9.17, 15) is 9.59 Å². The van der Waals surface area contributed by atoms with Crippen molar-refractivity contribution in [2.45, 2.75) is 32.5 Å². The molecule has 184 valence electrons. The zero-order valence-electron chi connectivity index (χ0n) is 20.5. The van der Waals surface area contributed by atoms with Gasteiger partial charge in [0.1, 0.15) is 5.82 Å². The third-order valence-electron chi connectivity index (χ3n) is 6.25.